The largest absolute Gasteiger partial charge is 0.403 e. The fraction of sp³-hybridized carbons (Fsp3) is 0.333. The van der Waals surface area contributed by atoms with Crippen LogP contribution < -0.4 is 4.74 Å². The molecule has 5 heteroatoms. The van der Waals surface area contributed by atoms with Crippen LogP contribution in [0.3, 0.4) is 0 Å². The third kappa shape index (κ3) is 2.23. The number of carbonyl (C=O) groups excluding carboxylic acids is 1. The molecule has 0 aromatic carbocycles. The van der Waals surface area contributed by atoms with Crippen molar-refractivity contribution in [1.29, 1.82) is 0 Å². The molecule has 0 unspecified atom stereocenters. The summed E-state index contributed by atoms with van der Waals surface area (Å²) in [5.41, 5.74) is 0. The number of aryl methyl sites for hydroxylation is 1. The van der Waals surface area contributed by atoms with Gasteiger partial charge in [-0.25, -0.2) is 0 Å². The van der Waals surface area contributed by atoms with E-state index >= 15 is 0 Å². The summed E-state index contributed by atoms with van der Waals surface area (Å²) in [6.45, 7) is 1.70. The van der Waals surface area contributed by atoms with Crippen LogP contribution in [0.5, 0.6) is 5.88 Å². The number of carbonyl (C=O) groups is 1. The monoisotopic (exact) mass is 175 g/mol. The molecule has 0 N–H and O–H groups in total. The number of hydrogen-bond acceptors (Lipinski definition) is 4. The number of nitrogens with zero attached hydrogens (tertiary/aromatic N) is 1. The Morgan fingerprint density at radius 1 is 1.91 bits per heavy atom. The lowest BCUT2D eigenvalue weighted by molar-refractivity contribution is -0.131. The van der Waals surface area contributed by atoms with Crippen molar-refractivity contribution in [3.8, 4) is 5.88 Å². The van der Waals surface area contributed by atoms with Crippen LogP contribution in [0.4, 0.5) is 0 Å². The van der Waals surface area contributed by atoms with Gasteiger partial charge in [0.05, 0.1) is 0 Å². The number of aromatic nitrogens is 1. The Bertz CT molecular complexity index is 258. The molecule has 0 bridgehead atoms. The molecule has 0 amide bonds. The third-order valence-corrected chi connectivity index (χ3v) is 1.15. The van der Waals surface area contributed by atoms with E-state index in [1.54, 1.807) is 6.92 Å². The van der Waals surface area contributed by atoms with E-state index in [0.29, 0.717) is 5.76 Å². The second kappa shape index (κ2) is 3.39. The van der Waals surface area contributed by atoms with Gasteiger partial charge in [0.15, 0.2) is 0 Å². The molecule has 1 rings (SSSR count). The zero-order valence-electron chi connectivity index (χ0n) is 5.83. The molecule has 4 nitrogen and oxygen atoms in total. The highest BCUT2D eigenvalue weighted by Crippen LogP contribution is 2.09. The highest BCUT2D eigenvalue weighted by molar-refractivity contribution is 6.26. The van der Waals surface area contributed by atoms with Gasteiger partial charge in [-0.05, 0) is 12.1 Å². The average Bonchev–Trinajstić information content (AvgIpc) is 2.35. The van der Waals surface area contributed by atoms with Gasteiger partial charge in [0.25, 0.3) is 5.88 Å². The fourth-order valence-corrected chi connectivity index (χ4v) is 0.590. The Labute approximate surface area is 68.1 Å². The lowest BCUT2D eigenvalue weighted by atomic mass is 10.5. The molecule has 60 valence electrons. The smallest absolute Gasteiger partial charge is 0.327 e. The molecule has 1 heterocycles. The lowest BCUT2D eigenvalue weighted by Gasteiger charge is -1.92. The Kier molecular flexibility index (Phi) is 2.48. The molecule has 1 aromatic rings. The maximum atomic E-state index is 10.6. The van der Waals surface area contributed by atoms with E-state index in [4.69, 9.17) is 11.6 Å². The van der Waals surface area contributed by atoms with Gasteiger partial charge in [0, 0.05) is 6.07 Å². The summed E-state index contributed by atoms with van der Waals surface area (Å²) in [6, 6.07) is 1.50. The van der Waals surface area contributed by atoms with Gasteiger partial charge >= 0.3 is 5.97 Å². The first kappa shape index (κ1) is 8.07. The summed E-state index contributed by atoms with van der Waals surface area (Å²) >= 11 is 5.18. The highest BCUT2D eigenvalue weighted by atomic mass is 35.5. The SMILES string of the molecule is Cc1cc(OC(=O)CCl)no1. The third-order valence-electron chi connectivity index (χ3n) is 0.934. The summed E-state index contributed by atoms with van der Waals surface area (Å²) in [5.74, 6) is 0.00168. The molecule has 11 heavy (non-hydrogen) atoms. The Balaban J connectivity index is 2.57. The summed E-state index contributed by atoms with van der Waals surface area (Å²) in [6.07, 6.45) is 0. The quantitative estimate of drug-likeness (QED) is 0.500. The van der Waals surface area contributed by atoms with Gasteiger partial charge < -0.3 is 9.26 Å². The van der Waals surface area contributed by atoms with Crippen molar-refractivity contribution in [1.82, 2.24) is 5.16 Å². The van der Waals surface area contributed by atoms with E-state index in [1.807, 2.05) is 0 Å². The minimum atomic E-state index is -0.542. The predicted molar refractivity (Wildman–Crippen MR) is 37.6 cm³/mol. The first-order chi connectivity index (χ1) is 5.22. The van der Waals surface area contributed by atoms with E-state index in [2.05, 4.69) is 14.4 Å². The summed E-state index contributed by atoms with van der Waals surface area (Å²) in [4.78, 5) is 10.6. The maximum absolute atomic E-state index is 10.6. The second-order valence-electron chi connectivity index (χ2n) is 1.88. The van der Waals surface area contributed by atoms with Crippen molar-refractivity contribution in [2.45, 2.75) is 6.92 Å². The number of halogens is 1. The molecule has 0 saturated carbocycles. The molecular weight excluding hydrogens is 170 g/mol. The standard InChI is InChI=1S/C6H6ClNO3/c1-4-2-5(8-11-4)10-6(9)3-7/h2H,3H2,1H3. The predicted octanol–water partition coefficient (Wildman–Crippen LogP) is 1.13. The van der Waals surface area contributed by atoms with Gasteiger partial charge in [0.1, 0.15) is 11.6 Å². The van der Waals surface area contributed by atoms with E-state index in [0.717, 1.165) is 0 Å². The summed E-state index contributed by atoms with van der Waals surface area (Å²) in [7, 11) is 0. The zero-order chi connectivity index (χ0) is 8.27. The molecule has 0 aliphatic carbocycles. The van der Waals surface area contributed by atoms with E-state index in [9.17, 15) is 4.79 Å². The van der Waals surface area contributed by atoms with Gasteiger partial charge in [0.2, 0.25) is 0 Å². The molecule has 1 aromatic heterocycles. The van der Waals surface area contributed by atoms with Crippen molar-refractivity contribution in [3.05, 3.63) is 11.8 Å². The molecule has 0 spiro atoms. The molecule has 0 fully saturated rings. The summed E-state index contributed by atoms with van der Waals surface area (Å²) in [5, 5.41) is 3.43. The van der Waals surface area contributed by atoms with Crippen molar-refractivity contribution in [2.75, 3.05) is 5.88 Å². The summed E-state index contributed by atoms with van der Waals surface area (Å²) < 4.78 is 9.25. The Morgan fingerprint density at radius 2 is 2.64 bits per heavy atom. The van der Waals surface area contributed by atoms with Crippen molar-refractivity contribution < 1.29 is 14.1 Å². The average molecular weight is 176 g/mol. The Hall–Kier alpha value is -1.03. The normalized spacial score (nSPS) is 9.64. The van der Waals surface area contributed by atoms with Crippen LogP contribution >= 0.6 is 11.6 Å². The van der Waals surface area contributed by atoms with E-state index < -0.39 is 5.97 Å². The molecule has 0 radical (unpaired) electrons. The number of hydrogen-bond donors (Lipinski definition) is 0. The minimum Gasteiger partial charge on any atom is -0.403 e. The molecule has 0 saturated heterocycles. The zero-order valence-corrected chi connectivity index (χ0v) is 6.59. The van der Waals surface area contributed by atoms with Gasteiger partial charge in [-0.1, -0.05) is 0 Å². The lowest BCUT2D eigenvalue weighted by Crippen LogP contribution is -2.08. The van der Waals surface area contributed by atoms with Crippen LogP contribution in [0.1, 0.15) is 5.76 Å². The molecule has 0 aliphatic rings. The van der Waals surface area contributed by atoms with Crippen LogP contribution in [-0.4, -0.2) is 17.0 Å². The van der Waals surface area contributed by atoms with Gasteiger partial charge in [-0.15, -0.1) is 11.6 Å². The van der Waals surface area contributed by atoms with Crippen LogP contribution in [0.25, 0.3) is 0 Å². The van der Waals surface area contributed by atoms with E-state index in [1.165, 1.54) is 6.07 Å². The Morgan fingerprint density at radius 3 is 3.09 bits per heavy atom. The van der Waals surface area contributed by atoms with Crippen LogP contribution in [0.2, 0.25) is 0 Å². The van der Waals surface area contributed by atoms with Crippen LogP contribution in [-0.2, 0) is 4.79 Å². The topological polar surface area (TPSA) is 52.3 Å². The number of ether oxygens (including phenoxy) is 1. The maximum Gasteiger partial charge on any atom is 0.327 e. The molecule has 0 atom stereocenters. The first-order valence-electron chi connectivity index (χ1n) is 2.92. The van der Waals surface area contributed by atoms with Crippen LogP contribution in [0.15, 0.2) is 10.6 Å². The number of alkyl halides is 1. The van der Waals surface area contributed by atoms with Gasteiger partial charge in [-0.2, -0.15) is 0 Å². The molecular formula is C6H6ClNO3. The highest BCUT2D eigenvalue weighted by Gasteiger charge is 2.05. The van der Waals surface area contributed by atoms with Crippen molar-refractivity contribution in [2.24, 2.45) is 0 Å². The van der Waals surface area contributed by atoms with E-state index in [-0.39, 0.29) is 11.8 Å². The fourth-order valence-electron chi connectivity index (χ4n) is 0.536. The second-order valence-corrected chi connectivity index (χ2v) is 2.15. The van der Waals surface area contributed by atoms with Gasteiger partial charge in [-0.3, -0.25) is 4.79 Å². The minimum absolute atomic E-state index is 0.146. The molecule has 0 aliphatic heterocycles. The van der Waals surface area contributed by atoms with Crippen molar-refractivity contribution in [3.63, 3.8) is 0 Å². The number of rotatable bonds is 2. The number of esters is 1. The van der Waals surface area contributed by atoms with Crippen LogP contribution in [0, 0.1) is 6.92 Å². The first-order valence-corrected chi connectivity index (χ1v) is 3.46. The van der Waals surface area contributed by atoms with Crippen molar-refractivity contribution >= 4 is 17.6 Å².